The van der Waals surface area contributed by atoms with Crippen molar-refractivity contribution in [3.63, 3.8) is 0 Å². The van der Waals surface area contributed by atoms with Crippen LogP contribution in [-0.4, -0.2) is 9.13 Å². The summed E-state index contributed by atoms with van der Waals surface area (Å²) < 4.78 is 6.52. The van der Waals surface area contributed by atoms with Gasteiger partial charge in [-0.15, -0.1) is 11.3 Å². The van der Waals surface area contributed by atoms with Crippen LogP contribution in [0.15, 0.2) is 163 Å². The summed E-state index contributed by atoms with van der Waals surface area (Å²) in [5.74, 6) is 1.52. The van der Waals surface area contributed by atoms with Crippen LogP contribution < -0.4 is 0 Å². The first kappa shape index (κ1) is 33.3. The van der Waals surface area contributed by atoms with Gasteiger partial charge in [0.05, 0.1) is 22.1 Å². The molecule has 0 saturated heterocycles. The number of para-hydroxylation sites is 2. The van der Waals surface area contributed by atoms with Gasteiger partial charge in [0, 0.05) is 53.8 Å². The van der Waals surface area contributed by atoms with Crippen LogP contribution in [0.3, 0.4) is 0 Å². The summed E-state index contributed by atoms with van der Waals surface area (Å²) in [7, 11) is 0. The lowest BCUT2D eigenvalue weighted by atomic mass is 9.76. The number of hydrogen-bond acceptors (Lipinski definition) is 1. The number of aryl methyl sites for hydroxylation is 1. The normalized spacial score (nSPS) is 20.8. The standard InChI is InChI=1S/C54H44N2S/c1-3-13-35(14-4-1)39-29-40(36-15-5-2-6-16-36)31-42(30-39)56-50-21-11-8-18-44(50)47-33-38(24-27-52(47)56)37-23-26-51-46(32-37)43-17-7-10-20-49(43)55(51)41-25-28-54-48(34-41)45-19-9-12-22-53(45)57-54/h1,3-5,7-13,15,17-24,26-27,29,31-36,39H,2,6,14,16,25,28,30H2. The lowest BCUT2D eigenvalue weighted by Gasteiger charge is -2.31. The van der Waals surface area contributed by atoms with E-state index < -0.39 is 0 Å². The van der Waals surface area contributed by atoms with Crippen molar-refractivity contribution in [3.05, 3.63) is 174 Å². The summed E-state index contributed by atoms with van der Waals surface area (Å²) in [6.45, 7) is 0. The number of allylic oxidation sites excluding steroid dienone is 11. The molecule has 0 aliphatic heterocycles. The Labute approximate surface area is 337 Å². The van der Waals surface area contributed by atoms with Crippen LogP contribution in [0.4, 0.5) is 0 Å². The molecule has 0 fully saturated rings. The van der Waals surface area contributed by atoms with Gasteiger partial charge in [-0.2, -0.15) is 0 Å². The van der Waals surface area contributed by atoms with E-state index in [0.717, 1.165) is 25.7 Å². The Balaban J connectivity index is 0.978. The second-order valence-corrected chi connectivity index (χ2v) is 17.7. The summed E-state index contributed by atoms with van der Waals surface area (Å²) in [6, 6.07) is 41.3. The second-order valence-electron chi connectivity index (χ2n) is 16.6. The molecular weight excluding hydrogens is 709 g/mol. The molecule has 3 heteroatoms. The SMILES string of the molecule is C1=CCC(C2C=C(C3C=CCCC3)C=C(n3c4ccccc4c4cc(-c5ccc6c(c5)c5ccccc5n6C5=Cc6c(sc7ccccc67)CC5)ccc43)C2)C=C1. The molecule has 3 heterocycles. The highest BCUT2D eigenvalue weighted by Gasteiger charge is 2.28. The van der Waals surface area contributed by atoms with E-state index >= 15 is 0 Å². The molecule has 3 atom stereocenters. The van der Waals surface area contributed by atoms with Gasteiger partial charge in [0.25, 0.3) is 0 Å². The summed E-state index contributed by atoms with van der Waals surface area (Å²) in [4.78, 5) is 1.51. The summed E-state index contributed by atoms with van der Waals surface area (Å²) in [5, 5.41) is 6.65. The molecule has 0 bridgehead atoms. The maximum atomic E-state index is 2.63. The van der Waals surface area contributed by atoms with E-state index in [4.69, 9.17) is 0 Å². The van der Waals surface area contributed by atoms with Crippen molar-refractivity contribution in [3.8, 4) is 11.1 Å². The molecule has 8 aromatic rings. The maximum absolute atomic E-state index is 2.63. The second kappa shape index (κ2) is 13.4. The highest BCUT2D eigenvalue weighted by Crippen LogP contribution is 2.45. The van der Waals surface area contributed by atoms with Crippen LogP contribution in [0.5, 0.6) is 0 Å². The van der Waals surface area contributed by atoms with E-state index in [9.17, 15) is 0 Å². The van der Waals surface area contributed by atoms with Crippen molar-refractivity contribution in [1.29, 1.82) is 0 Å². The molecule has 0 spiro atoms. The number of rotatable bonds is 5. The summed E-state index contributed by atoms with van der Waals surface area (Å²) in [5.41, 5.74) is 13.4. The zero-order chi connectivity index (χ0) is 37.5. The van der Waals surface area contributed by atoms with Crippen LogP contribution in [0.1, 0.15) is 49.0 Å². The Morgan fingerprint density at radius 2 is 1.25 bits per heavy atom. The number of hydrogen-bond donors (Lipinski definition) is 0. The van der Waals surface area contributed by atoms with E-state index in [-0.39, 0.29) is 0 Å². The van der Waals surface area contributed by atoms with Gasteiger partial charge in [-0.25, -0.2) is 0 Å². The Bertz CT molecular complexity index is 3130. The summed E-state index contributed by atoms with van der Waals surface area (Å²) in [6.07, 6.45) is 29.8. The number of fused-ring (bicyclic) bond motifs is 9. The van der Waals surface area contributed by atoms with Gasteiger partial charge >= 0.3 is 0 Å². The molecule has 3 aromatic heterocycles. The molecule has 0 radical (unpaired) electrons. The van der Waals surface area contributed by atoms with E-state index in [1.807, 2.05) is 11.3 Å². The quantitative estimate of drug-likeness (QED) is 0.155. The molecule has 0 N–H and O–H groups in total. The molecule has 12 rings (SSSR count). The van der Waals surface area contributed by atoms with Crippen LogP contribution >= 0.6 is 11.3 Å². The molecule has 3 unspecified atom stereocenters. The average Bonchev–Trinajstić information content (AvgIpc) is 3.94. The number of nitrogens with zero attached hydrogens (tertiary/aromatic N) is 2. The van der Waals surface area contributed by atoms with Crippen molar-refractivity contribution in [2.45, 2.75) is 44.9 Å². The van der Waals surface area contributed by atoms with Crippen LogP contribution in [0.25, 0.3) is 82.3 Å². The van der Waals surface area contributed by atoms with Crippen molar-refractivity contribution < 1.29 is 0 Å². The molecule has 5 aromatic carbocycles. The topological polar surface area (TPSA) is 9.86 Å². The largest absolute Gasteiger partial charge is 0.313 e. The monoisotopic (exact) mass is 752 g/mol. The van der Waals surface area contributed by atoms with E-state index in [1.165, 1.54) is 111 Å². The van der Waals surface area contributed by atoms with E-state index in [2.05, 4.69) is 173 Å². The highest BCUT2D eigenvalue weighted by molar-refractivity contribution is 7.19. The van der Waals surface area contributed by atoms with Crippen molar-refractivity contribution in [2.24, 2.45) is 17.8 Å². The molecule has 4 aliphatic rings. The fraction of sp³-hybridized carbons (Fsp3) is 0.185. The van der Waals surface area contributed by atoms with Gasteiger partial charge in [0.1, 0.15) is 0 Å². The predicted molar refractivity (Wildman–Crippen MR) is 246 cm³/mol. The van der Waals surface area contributed by atoms with Crippen molar-refractivity contribution >= 4 is 82.5 Å². The van der Waals surface area contributed by atoms with E-state index in [1.54, 1.807) is 0 Å². The minimum atomic E-state index is 0.483. The molecule has 4 aliphatic carbocycles. The molecule has 57 heavy (non-hydrogen) atoms. The van der Waals surface area contributed by atoms with Crippen molar-refractivity contribution in [2.75, 3.05) is 0 Å². The first-order chi connectivity index (χ1) is 28.2. The fourth-order valence-electron chi connectivity index (χ4n) is 10.6. The summed E-state index contributed by atoms with van der Waals surface area (Å²) >= 11 is 1.96. The third-order valence-electron chi connectivity index (χ3n) is 13.3. The Morgan fingerprint density at radius 3 is 1.95 bits per heavy atom. The van der Waals surface area contributed by atoms with Crippen LogP contribution in [0.2, 0.25) is 0 Å². The van der Waals surface area contributed by atoms with Gasteiger partial charge in [0.15, 0.2) is 0 Å². The lowest BCUT2D eigenvalue weighted by Crippen LogP contribution is -2.19. The number of benzene rings is 5. The third kappa shape index (κ3) is 5.43. The van der Waals surface area contributed by atoms with Gasteiger partial charge < -0.3 is 9.13 Å². The van der Waals surface area contributed by atoms with Crippen molar-refractivity contribution in [1.82, 2.24) is 9.13 Å². The van der Waals surface area contributed by atoms with Crippen LogP contribution in [0, 0.1) is 17.8 Å². The average molecular weight is 753 g/mol. The molecular formula is C54H44N2S. The Morgan fingerprint density at radius 1 is 0.561 bits per heavy atom. The van der Waals surface area contributed by atoms with Gasteiger partial charge in [-0.3, -0.25) is 0 Å². The Hall–Kier alpha value is -5.90. The fourth-order valence-corrected chi connectivity index (χ4v) is 11.7. The Kier molecular flexibility index (Phi) is 7.79. The minimum absolute atomic E-state index is 0.483. The first-order valence-electron chi connectivity index (χ1n) is 21.0. The highest BCUT2D eigenvalue weighted by atomic mass is 32.1. The van der Waals surface area contributed by atoms with Gasteiger partial charge in [-0.1, -0.05) is 109 Å². The molecule has 276 valence electrons. The number of thiophene rings is 1. The maximum Gasteiger partial charge on any atom is 0.0538 e. The molecule has 0 saturated carbocycles. The van der Waals surface area contributed by atoms with Gasteiger partial charge in [0.2, 0.25) is 0 Å². The number of aromatic nitrogens is 2. The molecule has 0 amide bonds. The molecule has 2 nitrogen and oxygen atoms in total. The van der Waals surface area contributed by atoms with E-state index in [0.29, 0.717) is 17.8 Å². The lowest BCUT2D eigenvalue weighted by molar-refractivity contribution is 0.469. The minimum Gasteiger partial charge on any atom is -0.313 e. The van der Waals surface area contributed by atoms with Gasteiger partial charge in [-0.05, 0) is 134 Å². The predicted octanol–water partition coefficient (Wildman–Crippen LogP) is 15.0. The zero-order valence-corrected chi connectivity index (χ0v) is 32.9. The first-order valence-corrected chi connectivity index (χ1v) is 21.8. The third-order valence-corrected chi connectivity index (χ3v) is 14.6. The smallest absolute Gasteiger partial charge is 0.0538 e. The zero-order valence-electron chi connectivity index (χ0n) is 32.1. The van der Waals surface area contributed by atoms with Crippen LogP contribution in [-0.2, 0) is 6.42 Å².